The van der Waals surface area contributed by atoms with Crippen LogP contribution in [0.5, 0.6) is 0 Å². The predicted octanol–water partition coefficient (Wildman–Crippen LogP) is 2.30. The SMILES string of the molecule is Cc1cc(Cl)n2nc(S(=O)(=O)Nc3ccc(F)c(F)c3F)nc2n1. The Morgan fingerprint density at radius 2 is 1.88 bits per heavy atom. The molecular weight excluding hydrogens is 371 g/mol. The van der Waals surface area contributed by atoms with Crippen molar-refractivity contribution in [2.75, 3.05) is 4.72 Å². The number of aryl methyl sites for hydroxylation is 1. The molecule has 0 aliphatic carbocycles. The third-order valence-electron chi connectivity index (χ3n) is 2.90. The van der Waals surface area contributed by atoms with Crippen molar-refractivity contribution >= 4 is 33.1 Å². The molecule has 12 heteroatoms. The topological polar surface area (TPSA) is 89.3 Å². The molecule has 3 rings (SSSR count). The summed E-state index contributed by atoms with van der Waals surface area (Å²) in [7, 11) is -4.48. The highest BCUT2D eigenvalue weighted by atomic mass is 35.5. The normalized spacial score (nSPS) is 11.9. The summed E-state index contributed by atoms with van der Waals surface area (Å²) in [5, 5.41) is 2.96. The molecule has 2 aromatic heterocycles. The molecule has 0 radical (unpaired) electrons. The Hall–Kier alpha value is -2.40. The lowest BCUT2D eigenvalue weighted by Crippen LogP contribution is -2.16. The lowest BCUT2D eigenvalue weighted by atomic mass is 10.3. The lowest BCUT2D eigenvalue weighted by Gasteiger charge is -2.06. The maximum atomic E-state index is 13.6. The highest BCUT2D eigenvalue weighted by Crippen LogP contribution is 2.22. The quantitative estimate of drug-likeness (QED) is 0.559. The number of nitrogens with one attached hydrogen (secondary N) is 1. The van der Waals surface area contributed by atoms with E-state index < -0.39 is 38.3 Å². The van der Waals surface area contributed by atoms with E-state index in [0.717, 1.165) is 10.6 Å². The van der Waals surface area contributed by atoms with Gasteiger partial charge in [0.1, 0.15) is 5.15 Å². The van der Waals surface area contributed by atoms with Crippen LogP contribution in [0.3, 0.4) is 0 Å². The van der Waals surface area contributed by atoms with Crippen LogP contribution in [0.1, 0.15) is 5.69 Å². The molecule has 126 valence electrons. The summed E-state index contributed by atoms with van der Waals surface area (Å²) in [5.41, 5.74) is -0.313. The number of nitrogens with zero attached hydrogens (tertiary/aromatic N) is 4. The first kappa shape index (κ1) is 16.5. The van der Waals surface area contributed by atoms with E-state index in [1.54, 1.807) is 11.6 Å². The van der Waals surface area contributed by atoms with Crippen LogP contribution >= 0.6 is 11.6 Å². The Morgan fingerprint density at radius 1 is 1.17 bits per heavy atom. The van der Waals surface area contributed by atoms with Gasteiger partial charge in [-0.3, -0.25) is 4.72 Å². The van der Waals surface area contributed by atoms with E-state index in [-0.39, 0.29) is 10.9 Å². The molecule has 0 atom stereocenters. The van der Waals surface area contributed by atoms with E-state index >= 15 is 0 Å². The second kappa shape index (κ2) is 5.60. The smallest absolute Gasteiger partial charge is 0.274 e. The van der Waals surface area contributed by atoms with Gasteiger partial charge in [-0.1, -0.05) is 11.6 Å². The number of aromatic nitrogens is 4. The molecule has 0 aliphatic heterocycles. The van der Waals surface area contributed by atoms with Crippen molar-refractivity contribution in [3.05, 3.63) is 46.5 Å². The molecular formula is C12H7ClF3N5O2S. The van der Waals surface area contributed by atoms with E-state index in [9.17, 15) is 21.6 Å². The number of sulfonamides is 1. The van der Waals surface area contributed by atoms with E-state index in [1.165, 1.54) is 6.07 Å². The average Bonchev–Trinajstić information content (AvgIpc) is 2.93. The van der Waals surface area contributed by atoms with Gasteiger partial charge >= 0.3 is 0 Å². The Morgan fingerprint density at radius 3 is 2.58 bits per heavy atom. The average molecular weight is 378 g/mol. The molecule has 1 aromatic carbocycles. The maximum absolute atomic E-state index is 13.6. The summed E-state index contributed by atoms with van der Waals surface area (Å²) in [6.07, 6.45) is 0. The van der Waals surface area contributed by atoms with Crippen LogP contribution in [-0.4, -0.2) is 28.0 Å². The summed E-state index contributed by atoms with van der Waals surface area (Å²) < 4.78 is 66.8. The van der Waals surface area contributed by atoms with E-state index in [0.29, 0.717) is 11.8 Å². The second-order valence-electron chi connectivity index (χ2n) is 4.65. The Kier molecular flexibility index (Phi) is 3.84. The fraction of sp³-hybridized carbons (Fsp3) is 0.0833. The molecule has 0 saturated heterocycles. The lowest BCUT2D eigenvalue weighted by molar-refractivity contribution is 0.449. The number of halogens is 4. The minimum absolute atomic E-state index is 0.0606. The number of hydrogen-bond donors (Lipinski definition) is 1. The van der Waals surface area contributed by atoms with Gasteiger partial charge in [-0.2, -0.15) is 17.9 Å². The highest BCUT2D eigenvalue weighted by molar-refractivity contribution is 7.92. The fourth-order valence-electron chi connectivity index (χ4n) is 1.83. The first-order chi connectivity index (χ1) is 11.2. The van der Waals surface area contributed by atoms with E-state index in [4.69, 9.17) is 11.6 Å². The van der Waals surface area contributed by atoms with Crippen LogP contribution in [0.25, 0.3) is 5.78 Å². The van der Waals surface area contributed by atoms with E-state index in [2.05, 4.69) is 15.1 Å². The second-order valence-corrected chi connectivity index (χ2v) is 6.62. The zero-order valence-electron chi connectivity index (χ0n) is 11.8. The van der Waals surface area contributed by atoms with Gasteiger partial charge in [0.15, 0.2) is 17.5 Å². The minimum atomic E-state index is -4.48. The monoisotopic (exact) mass is 377 g/mol. The van der Waals surface area contributed by atoms with Gasteiger partial charge < -0.3 is 0 Å². The molecule has 0 bridgehead atoms. The number of anilines is 1. The molecule has 0 spiro atoms. The van der Waals surface area contributed by atoms with Crippen LogP contribution < -0.4 is 4.72 Å². The van der Waals surface area contributed by atoms with Crippen molar-refractivity contribution in [2.45, 2.75) is 12.1 Å². The first-order valence-electron chi connectivity index (χ1n) is 6.25. The van der Waals surface area contributed by atoms with Gasteiger partial charge in [-0.05, 0) is 25.1 Å². The molecule has 0 saturated carbocycles. The highest BCUT2D eigenvalue weighted by Gasteiger charge is 2.25. The zero-order chi connectivity index (χ0) is 17.6. The van der Waals surface area contributed by atoms with Crippen LogP contribution in [0.15, 0.2) is 23.4 Å². The number of hydrogen-bond acceptors (Lipinski definition) is 5. The minimum Gasteiger partial charge on any atom is -0.274 e. The molecule has 3 aromatic rings. The number of fused-ring (bicyclic) bond motifs is 1. The van der Waals surface area contributed by atoms with Gasteiger partial charge in [0.05, 0.1) is 5.69 Å². The molecule has 0 unspecified atom stereocenters. The zero-order valence-corrected chi connectivity index (χ0v) is 13.3. The maximum Gasteiger partial charge on any atom is 0.299 e. The third kappa shape index (κ3) is 2.76. The molecule has 0 amide bonds. The van der Waals surface area contributed by atoms with Crippen molar-refractivity contribution in [1.29, 1.82) is 0 Å². The summed E-state index contributed by atoms with van der Waals surface area (Å²) in [6.45, 7) is 1.61. The van der Waals surface area contributed by atoms with Crippen LogP contribution in [0, 0.1) is 24.4 Å². The van der Waals surface area contributed by atoms with Crippen LogP contribution in [-0.2, 0) is 10.0 Å². The van der Waals surface area contributed by atoms with Crippen LogP contribution in [0.2, 0.25) is 5.15 Å². The summed E-state index contributed by atoms with van der Waals surface area (Å²) in [6, 6.07) is 2.74. The first-order valence-corrected chi connectivity index (χ1v) is 8.11. The van der Waals surface area contributed by atoms with Crippen molar-refractivity contribution in [2.24, 2.45) is 0 Å². The molecule has 0 fully saturated rings. The van der Waals surface area contributed by atoms with Crippen molar-refractivity contribution in [3.63, 3.8) is 0 Å². The van der Waals surface area contributed by atoms with Crippen molar-refractivity contribution in [1.82, 2.24) is 19.6 Å². The van der Waals surface area contributed by atoms with Crippen LogP contribution in [0.4, 0.5) is 18.9 Å². The number of benzene rings is 1. The Balaban J connectivity index is 2.06. The summed E-state index contributed by atoms with van der Waals surface area (Å²) in [4.78, 5) is 7.64. The third-order valence-corrected chi connectivity index (χ3v) is 4.31. The van der Waals surface area contributed by atoms with Gasteiger partial charge in [-0.25, -0.2) is 18.2 Å². The van der Waals surface area contributed by atoms with Gasteiger partial charge in [0.2, 0.25) is 0 Å². The predicted molar refractivity (Wildman–Crippen MR) is 77.7 cm³/mol. The Labute approximate surface area is 138 Å². The molecule has 24 heavy (non-hydrogen) atoms. The Bertz CT molecular complexity index is 1070. The van der Waals surface area contributed by atoms with Gasteiger partial charge in [-0.15, -0.1) is 5.10 Å². The largest absolute Gasteiger partial charge is 0.299 e. The van der Waals surface area contributed by atoms with Crippen molar-refractivity contribution < 1.29 is 21.6 Å². The van der Waals surface area contributed by atoms with E-state index in [1.807, 2.05) is 0 Å². The van der Waals surface area contributed by atoms with Gasteiger partial charge in [0.25, 0.3) is 21.0 Å². The molecule has 7 nitrogen and oxygen atoms in total. The molecule has 2 heterocycles. The fourth-order valence-corrected chi connectivity index (χ4v) is 3.03. The number of rotatable bonds is 3. The molecule has 0 aliphatic rings. The molecule has 1 N–H and O–H groups in total. The van der Waals surface area contributed by atoms with Gasteiger partial charge in [0, 0.05) is 5.69 Å². The standard InChI is InChI=1S/C12H7ClF3N5O2S/c1-5-4-8(13)21-11(17-5)18-12(19-21)24(22,23)20-7-3-2-6(14)9(15)10(7)16/h2-4,20H,1H3. The van der Waals surface area contributed by atoms with Crippen molar-refractivity contribution in [3.8, 4) is 0 Å². The summed E-state index contributed by atoms with van der Waals surface area (Å²) >= 11 is 5.90. The summed E-state index contributed by atoms with van der Waals surface area (Å²) in [5.74, 6) is -5.04.